The van der Waals surface area contributed by atoms with Crippen molar-refractivity contribution in [2.75, 3.05) is 26.7 Å². The van der Waals surface area contributed by atoms with Crippen LogP contribution in [0, 0.1) is 5.82 Å². The second kappa shape index (κ2) is 9.47. The minimum atomic E-state index is -0.358. The number of hydrogen-bond acceptors (Lipinski definition) is 2. The second-order valence-corrected chi connectivity index (χ2v) is 6.54. The van der Waals surface area contributed by atoms with Crippen LogP contribution in [0.3, 0.4) is 0 Å². The van der Waals surface area contributed by atoms with Crippen molar-refractivity contribution in [3.8, 4) is 0 Å². The van der Waals surface area contributed by atoms with Gasteiger partial charge in [0.2, 0.25) is 5.91 Å². The first-order valence-corrected chi connectivity index (χ1v) is 8.34. The highest BCUT2D eigenvalue weighted by Gasteiger charge is 2.24. The van der Waals surface area contributed by atoms with Gasteiger partial charge < -0.3 is 16.0 Å². The van der Waals surface area contributed by atoms with Crippen molar-refractivity contribution >= 4 is 23.5 Å². The number of benzene rings is 1. The first-order valence-electron chi connectivity index (χ1n) is 7.97. The van der Waals surface area contributed by atoms with E-state index in [2.05, 4.69) is 20.9 Å². The number of carbonyl (C=O) groups excluding carboxylic acids is 1. The molecule has 0 bridgehead atoms. The predicted molar refractivity (Wildman–Crippen MR) is 97.1 cm³/mol. The van der Waals surface area contributed by atoms with Crippen molar-refractivity contribution < 1.29 is 9.18 Å². The van der Waals surface area contributed by atoms with Gasteiger partial charge in [0.15, 0.2) is 5.96 Å². The molecule has 24 heavy (non-hydrogen) atoms. The molecule has 0 saturated heterocycles. The molecule has 7 heteroatoms. The molecule has 0 fully saturated rings. The molecule has 0 aliphatic rings. The molecule has 0 heterocycles. The van der Waals surface area contributed by atoms with Crippen molar-refractivity contribution in [3.63, 3.8) is 0 Å². The third-order valence-corrected chi connectivity index (χ3v) is 3.88. The van der Waals surface area contributed by atoms with Gasteiger partial charge in [0, 0.05) is 30.6 Å². The van der Waals surface area contributed by atoms with Crippen molar-refractivity contribution in [1.29, 1.82) is 0 Å². The number of carbonyl (C=O) groups is 1. The topological polar surface area (TPSA) is 65.5 Å². The van der Waals surface area contributed by atoms with Gasteiger partial charge in [0.1, 0.15) is 5.82 Å². The number of halogens is 2. The van der Waals surface area contributed by atoms with Crippen LogP contribution in [0.1, 0.15) is 32.8 Å². The van der Waals surface area contributed by atoms with Gasteiger partial charge in [-0.2, -0.15) is 0 Å². The largest absolute Gasteiger partial charge is 0.356 e. The SMILES string of the molecule is CCCNC(=O)CNC(=NC)NCC(C)(C)c1ccc(F)cc1Cl. The summed E-state index contributed by atoms with van der Waals surface area (Å²) >= 11 is 6.15. The van der Waals surface area contributed by atoms with Crippen molar-refractivity contribution in [3.05, 3.63) is 34.6 Å². The fraction of sp³-hybridized carbons (Fsp3) is 0.529. The van der Waals surface area contributed by atoms with Crippen molar-refractivity contribution in [2.24, 2.45) is 4.99 Å². The second-order valence-electron chi connectivity index (χ2n) is 6.14. The Bertz CT molecular complexity index is 590. The minimum absolute atomic E-state index is 0.0827. The van der Waals surface area contributed by atoms with Crippen LogP contribution >= 0.6 is 11.6 Å². The lowest BCUT2D eigenvalue weighted by Crippen LogP contribution is -2.46. The molecule has 0 spiro atoms. The Morgan fingerprint density at radius 3 is 2.58 bits per heavy atom. The first-order chi connectivity index (χ1) is 11.3. The summed E-state index contributed by atoms with van der Waals surface area (Å²) in [6.07, 6.45) is 0.894. The number of amides is 1. The van der Waals surface area contributed by atoms with Crippen molar-refractivity contribution in [2.45, 2.75) is 32.6 Å². The Hall–Kier alpha value is -1.82. The van der Waals surface area contributed by atoms with Crippen LogP contribution in [-0.2, 0) is 10.2 Å². The molecule has 0 saturated carbocycles. The molecule has 5 nitrogen and oxygen atoms in total. The zero-order chi connectivity index (χ0) is 18.2. The van der Waals surface area contributed by atoms with Gasteiger partial charge in [0.25, 0.3) is 0 Å². The molecule has 1 aromatic carbocycles. The van der Waals surface area contributed by atoms with Crippen LogP contribution < -0.4 is 16.0 Å². The number of aliphatic imine (C=N–C) groups is 1. The van der Waals surface area contributed by atoms with Gasteiger partial charge >= 0.3 is 0 Å². The summed E-state index contributed by atoms with van der Waals surface area (Å²) in [7, 11) is 1.64. The van der Waals surface area contributed by atoms with E-state index in [1.165, 1.54) is 12.1 Å². The average molecular weight is 357 g/mol. The van der Waals surface area contributed by atoms with E-state index >= 15 is 0 Å². The zero-order valence-electron chi connectivity index (χ0n) is 14.7. The summed E-state index contributed by atoms with van der Waals surface area (Å²) in [6, 6.07) is 4.39. The lowest BCUT2D eigenvalue weighted by atomic mass is 9.84. The van der Waals surface area contributed by atoms with E-state index in [-0.39, 0.29) is 23.7 Å². The van der Waals surface area contributed by atoms with Gasteiger partial charge in [-0.15, -0.1) is 0 Å². The summed E-state index contributed by atoms with van der Waals surface area (Å²) in [5, 5.41) is 9.31. The summed E-state index contributed by atoms with van der Waals surface area (Å²) in [4.78, 5) is 15.7. The van der Waals surface area contributed by atoms with Gasteiger partial charge in [-0.05, 0) is 24.1 Å². The van der Waals surface area contributed by atoms with Crippen molar-refractivity contribution in [1.82, 2.24) is 16.0 Å². The highest BCUT2D eigenvalue weighted by atomic mass is 35.5. The quantitative estimate of drug-likeness (QED) is 0.519. The molecule has 3 N–H and O–H groups in total. The van der Waals surface area contributed by atoms with Gasteiger partial charge in [-0.25, -0.2) is 4.39 Å². The van der Waals surface area contributed by atoms with Gasteiger partial charge in [-0.3, -0.25) is 9.79 Å². The number of hydrogen-bond donors (Lipinski definition) is 3. The smallest absolute Gasteiger partial charge is 0.239 e. The summed E-state index contributed by atoms with van der Waals surface area (Å²) < 4.78 is 13.2. The van der Waals surface area contributed by atoms with Crippen LogP contribution in [0.5, 0.6) is 0 Å². The minimum Gasteiger partial charge on any atom is -0.356 e. The molecule has 1 rings (SSSR count). The Labute approximate surface area is 148 Å². The van der Waals surface area contributed by atoms with Crippen LogP contribution in [-0.4, -0.2) is 38.5 Å². The van der Waals surface area contributed by atoms with E-state index in [0.29, 0.717) is 24.1 Å². The normalized spacial score (nSPS) is 12.0. The highest BCUT2D eigenvalue weighted by Crippen LogP contribution is 2.29. The van der Waals surface area contributed by atoms with Gasteiger partial charge in [0.05, 0.1) is 6.54 Å². The van der Waals surface area contributed by atoms with E-state index in [4.69, 9.17) is 11.6 Å². The average Bonchev–Trinajstić information content (AvgIpc) is 2.52. The number of nitrogens with zero attached hydrogens (tertiary/aromatic N) is 1. The lowest BCUT2D eigenvalue weighted by Gasteiger charge is -2.27. The molecule has 0 aromatic heterocycles. The van der Waals surface area contributed by atoms with E-state index in [9.17, 15) is 9.18 Å². The maximum absolute atomic E-state index is 13.2. The number of nitrogens with one attached hydrogen (secondary N) is 3. The maximum Gasteiger partial charge on any atom is 0.239 e. The third-order valence-electron chi connectivity index (χ3n) is 3.57. The number of rotatable bonds is 7. The van der Waals surface area contributed by atoms with E-state index in [1.807, 2.05) is 20.8 Å². The third kappa shape index (κ3) is 6.35. The summed E-state index contributed by atoms with van der Waals surface area (Å²) in [5.41, 5.74) is 0.501. The molecule has 1 aromatic rings. The molecule has 134 valence electrons. The summed E-state index contributed by atoms with van der Waals surface area (Å²) in [6.45, 7) is 7.33. The fourth-order valence-electron chi connectivity index (χ4n) is 2.15. The van der Waals surface area contributed by atoms with E-state index < -0.39 is 0 Å². The molecular formula is C17H26ClFN4O. The Kier molecular flexibility index (Phi) is 7.98. The number of guanidine groups is 1. The van der Waals surface area contributed by atoms with Gasteiger partial charge in [-0.1, -0.05) is 38.4 Å². The summed E-state index contributed by atoms with van der Waals surface area (Å²) in [5.74, 6) is 0.0803. The molecular weight excluding hydrogens is 331 g/mol. The Balaban J connectivity index is 2.59. The highest BCUT2D eigenvalue weighted by molar-refractivity contribution is 6.31. The maximum atomic E-state index is 13.2. The van der Waals surface area contributed by atoms with Crippen LogP contribution in [0.4, 0.5) is 4.39 Å². The Morgan fingerprint density at radius 2 is 2.00 bits per heavy atom. The first kappa shape index (κ1) is 20.2. The standard InChI is InChI=1S/C17H26ClFN4O/c1-5-8-21-15(24)10-22-16(20-4)23-11-17(2,3)13-7-6-12(19)9-14(13)18/h6-7,9H,5,8,10-11H2,1-4H3,(H,21,24)(H2,20,22,23). The molecule has 0 atom stereocenters. The monoisotopic (exact) mass is 356 g/mol. The molecule has 1 amide bonds. The van der Waals surface area contributed by atoms with Crippen LogP contribution in [0.15, 0.2) is 23.2 Å². The molecule has 0 unspecified atom stereocenters. The molecule has 0 aliphatic carbocycles. The molecule has 0 radical (unpaired) electrons. The lowest BCUT2D eigenvalue weighted by molar-refractivity contribution is -0.120. The van der Waals surface area contributed by atoms with Crippen LogP contribution in [0.25, 0.3) is 0 Å². The fourth-order valence-corrected chi connectivity index (χ4v) is 2.57. The van der Waals surface area contributed by atoms with Crippen LogP contribution in [0.2, 0.25) is 5.02 Å². The Morgan fingerprint density at radius 1 is 1.29 bits per heavy atom. The van der Waals surface area contributed by atoms with E-state index in [1.54, 1.807) is 13.1 Å². The predicted octanol–water partition coefficient (Wildman–Crippen LogP) is 2.45. The zero-order valence-corrected chi connectivity index (χ0v) is 15.4. The van der Waals surface area contributed by atoms with E-state index in [0.717, 1.165) is 12.0 Å². The molecule has 0 aliphatic heterocycles.